The Hall–Kier alpha value is -1.17. The molecular formula is C16H27FN2O2. The van der Waals surface area contributed by atoms with Crippen LogP contribution in [0.5, 0.6) is 0 Å². The fourth-order valence-electron chi connectivity index (χ4n) is 2.23. The zero-order valence-corrected chi connectivity index (χ0v) is 13.1. The van der Waals surface area contributed by atoms with Gasteiger partial charge in [-0.1, -0.05) is 6.07 Å². The van der Waals surface area contributed by atoms with Crippen molar-refractivity contribution in [3.05, 3.63) is 29.6 Å². The van der Waals surface area contributed by atoms with E-state index < -0.39 is 0 Å². The molecule has 1 aromatic carbocycles. The van der Waals surface area contributed by atoms with Gasteiger partial charge in [-0.05, 0) is 38.9 Å². The standard InChI is InChI=1S/C16H27FN2O2/c1-3-20-12-10-19(11-13-21-4-2)16-7-5-6-15(17)14(16)8-9-18/h5-7H,3-4,8-13,18H2,1-2H3. The molecule has 0 radical (unpaired) electrons. The number of nitrogens with zero attached hydrogens (tertiary/aromatic N) is 1. The first-order valence-corrected chi connectivity index (χ1v) is 7.62. The molecule has 1 rings (SSSR count). The normalized spacial score (nSPS) is 10.9. The van der Waals surface area contributed by atoms with Crippen LogP contribution in [0.15, 0.2) is 18.2 Å². The predicted molar refractivity (Wildman–Crippen MR) is 84.4 cm³/mol. The highest BCUT2D eigenvalue weighted by Gasteiger charge is 2.14. The van der Waals surface area contributed by atoms with E-state index >= 15 is 0 Å². The molecule has 0 amide bonds. The Kier molecular flexibility index (Phi) is 8.98. The van der Waals surface area contributed by atoms with E-state index in [2.05, 4.69) is 4.90 Å². The fraction of sp³-hybridized carbons (Fsp3) is 0.625. The van der Waals surface area contributed by atoms with Gasteiger partial charge in [-0.15, -0.1) is 0 Å². The summed E-state index contributed by atoms with van der Waals surface area (Å²) in [6.07, 6.45) is 0.530. The summed E-state index contributed by atoms with van der Waals surface area (Å²) in [6.45, 7) is 8.36. The summed E-state index contributed by atoms with van der Waals surface area (Å²) in [7, 11) is 0. The molecule has 0 heterocycles. The molecule has 21 heavy (non-hydrogen) atoms. The summed E-state index contributed by atoms with van der Waals surface area (Å²) in [5, 5.41) is 0. The molecule has 0 saturated heterocycles. The van der Waals surface area contributed by atoms with Gasteiger partial charge in [0.15, 0.2) is 0 Å². The van der Waals surface area contributed by atoms with Gasteiger partial charge in [0.05, 0.1) is 13.2 Å². The third-order valence-corrected chi connectivity index (χ3v) is 3.25. The largest absolute Gasteiger partial charge is 0.380 e. The topological polar surface area (TPSA) is 47.7 Å². The molecule has 0 unspecified atom stereocenters. The number of hydrogen-bond acceptors (Lipinski definition) is 4. The summed E-state index contributed by atoms with van der Waals surface area (Å²) in [4.78, 5) is 2.11. The Labute approximate surface area is 127 Å². The molecule has 5 heteroatoms. The quantitative estimate of drug-likeness (QED) is 0.636. The minimum Gasteiger partial charge on any atom is -0.380 e. The third kappa shape index (κ3) is 5.99. The Balaban J connectivity index is 2.86. The van der Waals surface area contributed by atoms with Crippen LogP contribution in [0.4, 0.5) is 10.1 Å². The molecule has 1 aromatic rings. The predicted octanol–water partition coefficient (Wildman–Crippen LogP) is 2.21. The summed E-state index contributed by atoms with van der Waals surface area (Å²) in [5.74, 6) is -0.198. The van der Waals surface area contributed by atoms with Crippen LogP contribution < -0.4 is 10.6 Å². The van der Waals surface area contributed by atoms with Crippen LogP contribution in [0.2, 0.25) is 0 Å². The SMILES string of the molecule is CCOCCN(CCOCC)c1cccc(F)c1CCN. The van der Waals surface area contributed by atoms with Crippen LogP contribution in [0.1, 0.15) is 19.4 Å². The van der Waals surface area contributed by atoms with Gasteiger partial charge in [0.2, 0.25) is 0 Å². The van der Waals surface area contributed by atoms with Crippen molar-refractivity contribution in [1.29, 1.82) is 0 Å². The zero-order valence-electron chi connectivity index (χ0n) is 13.1. The van der Waals surface area contributed by atoms with E-state index in [9.17, 15) is 4.39 Å². The van der Waals surface area contributed by atoms with E-state index in [-0.39, 0.29) is 5.82 Å². The van der Waals surface area contributed by atoms with Crippen LogP contribution in [0.3, 0.4) is 0 Å². The Morgan fingerprint density at radius 2 is 1.71 bits per heavy atom. The van der Waals surface area contributed by atoms with E-state index in [0.717, 1.165) is 5.69 Å². The highest BCUT2D eigenvalue weighted by Crippen LogP contribution is 2.23. The smallest absolute Gasteiger partial charge is 0.128 e. The van der Waals surface area contributed by atoms with E-state index in [1.54, 1.807) is 6.07 Å². The number of nitrogens with two attached hydrogens (primary N) is 1. The highest BCUT2D eigenvalue weighted by molar-refractivity contribution is 5.54. The van der Waals surface area contributed by atoms with Gasteiger partial charge < -0.3 is 20.1 Å². The molecule has 0 atom stereocenters. The van der Waals surface area contributed by atoms with Gasteiger partial charge >= 0.3 is 0 Å². The van der Waals surface area contributed by atoms with Gasteiger partial charge in [-0.2, -0.15) is 0 Å². The van der Waals surface area contributed by atoms with Crippen LogP contribution in [0, 0.1) is 5.82 Å². The van der Waals surface area contributed by atoms with Crippen molar-refractivity contribution in [2.24, 2.45) is 5.73 Å². The van der Waals surface area contributed by atoms with Crippen molar-refractivity contribution in [2.75, 3.05) is 51.0 Å². The second kappa shape index (κ2) is 10.5. The molecule has 4 nitrogen and oxygen atoms in total. The molecule has 2 N–H and O–H groups in total. The van der Waals surface area contributed by atoms with Crippen LogP contribution >= 0.6 is 0 Å². The van der Waals surface area contributed by atoms with Gasteiger partial charge in [-0.25, -0.2) is 4.39 Å². The average molecular weight is 298 g/mol. The summed E-state index contributed by atoms with van der Waals surface area (Å²) < 4.78 is 24.9. The number of anilines is 1. The monoisotopic (exact) mass is 298 g/mol. The maximum atomic E-state index is 14.0. The van der Waals surface area contributed by atoms with Gasteiger partial charge in [-0.3, -0.25) is 0 Å². The first-order valence-electron chi connectivity index (χ1n) is 7.62. The molecule has 0 spiro atoms. The average Bonchev–Trinajstić information content (AvgIpc) is 2.48. The Bertz CT molecular complexity index is 392. The Morgan fingerprint density at radius 3 is 2.24 bits per heavy atom. The molecule has 0 aliphatic rings. The summed E-state index contributed by atoms with van der Waals surface area (Å²) in [6, 6.07) is 5.16. The lowest BCUT2D eigenvalue weighted by atomic mass is 10.1. The van der Waals surface area contributed by atoms with Gasteiger partial charge in [0.25, 0.3) is 0 Å². The van der Waals surface area contributed by atoms with Crippen LogP contribution in [-0.4, -0.2) is 46.1 Å². The lowest BCUT2D eigenvalue weighted by Gasteiger charge is -2.27. The lowest BCUT2D eigenvalue weighted by molar-refractivity contribution is 0.141. The van der Waals surface area contributed by atoms with Crippen LogP contribution in [-0.2, 0) is 15.9 Å². The fourth-order valence-corrected chi connectivity index (χ4v) is 2.23. The maximum Gasteiger partial charge on any atom is 0.128 e. The van der Waals surface area contributed by atoms with Gasteiger partial charge in [0.1, 0.15) is 5.82 Å². The summed E-state index contributed by atoms with van der Waals surface area (Å²) in [5.41, 5.74) is 7.17. The number of ether oxygens (including phenoxy) is 2. The second-order valence-corrected chi connectivity index (χ2v) is 4.66. The van der Waals surface area contributed by atoms with E-state index in [1.807, 2.05) is 19.9 Å². The molecule has 0 aliphatic carbocycles. The van der Waals surface area contributed by atoms with Crippen molar-refractivity contribution in [1.82, 2.24) is 0 Å². The number of halogens is 1. The first kappa shape index (κ1) is 17.9. The summed E-state index contributed by atoms with van der Waals surface area (Å²) >= 11 is 0. The highest BCUT2D eigenvalue weighted by atomic mass is 19.1. The minimum atomic E-state index is -0.198. The molecule has 0 saturated carbocycles. The minimum absolute atomic E-state index is 0.198. The van der Waals surface area contributed by atoms with E-state index in [1.165, 1.54) is 6.07 Å². The van der Waals surface area contributed by atoms with E-state index in [4.69, 9.17) is 15.2 Å². The molecule has 0 fully saturated rings. The Morgan fingerprint density at radius 1 is 1.10 bits per heavy atom. The number of rotatable bonds is 11. The van der Waals surface area contributed by atoms with Gasteiger partial charge in [0, 0.05) is 37.6 Å². The zero-order chi connectivity index (χ0) is 15.5. The van der Waals surface area contributed by atoms with Crippen LogP contribution in [0.25, 0.3) is 0 Å². The third-order valence-electron chi connectivity index (χ3n) is 3.25. The van der Waals surface area contributed by atoms with E-state index in [0.29, 0.717) is 58.0 Å². The number of hydrogen-bond donors (Lipinski definition) is 1. The number of benzene rings is 1. The molecule has 0 bridgehead atoms. The molecule has 120 valence electrons. The molecular weight excluding hydrogens is 271 g/mol. The van der Waals surface area contributed by atoms with Crippen molar-refractivity contribution in [2.45, 2.75) is 20.3 Å². The van der Waals surface area contributed by atoms with Crippen molar-refractivity contribution >= 4 is 5.69 Å². The lowest BCUT2D eigenvalue weighted by Crippen LogP contribution is -2.32. The van der Waals surface area contributed by atoms with Crippen molar-refractivity contribution < 1.29 is 13.9 Å². The van der Waals surface area contributed by atoms with Crippen molar-refractivity contribution in [3.8, 4) is 0 Å². The molecule has 0 aliphatic heterocycles. The maximum absolute atomic E-state index is 14.0. The first-order chi connectivity index (χ1) is 10.2. The molecule has 0 aromatic heterocycles. The second-order valence-electron chi connectivity index (χ2n) is 4.66. The van der Waals surface area contributed by atoms with Crippen molar-refractivity contribution in [3.63, 3.8) is 0 Å².